The van der Waals surface area contributed by atoms with Crippen LogP contribution in [0.3, 0.4) is 0 Å². The van der Waals surface area contributed by atoms with Crippen LogP contribution in [-0.4, -0.2) is 62.4 Å². The first kappa shape index (κ1) is 42.1. The topological polar surface area (TPSA) is 94.5 Å². The number of unbranched alkanes of at least 4 members (excludes halogenated alkanes) is 4. The van der Waals surface area contributed by atoms with Crippen molar-refractivity contribution < 1.29 is 34.0 Å². The Balaban J connectivity index is 1.27. The standard InChI is InChI=1S/C47H58O7/c1-4-5-6-7-8-9-43-32-44(42-22-26-46(27-23-42)53-30-31-54-47(50)37(3)34-49)21-20-41(43)19-16-39-13-10-38(11-14-39)12-15-40-17-24-45(25-18-40)52-29-28-51-35-36(2)33-48/h10-11,13-14,17-18,20-27,32,48-49H,2-9,12,15-16,19,28-31,33-35H2,1H3. The fraction of sp³-hybridized carbons (Fsp3) is 0.383. The van der Waals surface area contributed by atoms with E-state index >= 15 is 0 Å². The van der Waals surface area contributed by atoms with Gasteiger partial charge in [0, 0.05) is 0 Å². The van der Waals surface area contributed by atoms with E-state index in [-0.39, 0.29) is 25.4 Å². The summed E-state index contributed by atoms with van der Waals surface area (Å²) < 4.78 is 22.0. The van der Waals surface area contributed by atoms with Crippen molar-refractivity contribution in [1.29, 1.82) is 0 Å². The van der Waals surface area contributed by atoms with E-state index in [2.05, 4.69) is 86.8 Å². The molecule has 7 heteroatoms. The monoisotopic (exact) mass is 734 g/mol. The molecule has 0 fully saturated rings. The van der Waals surface area contributed by atoms with Gasteiger partial charge in [-0.2, -0.15) is 0 Å². The molecule has 2 N–H and O–H groups in total. The summed E-state index contributed by atoms with van der Waals surface area (Å²) in [6, 6.07) is 32.3. The molecule has 4 aromatic rings. The maximum Gasteiger partial charge on any atom is 0.335 e. The number of hydrogen-bond donors (Lipinski definition) is 2. The summed E-state index contributed by atoms with van der Waals surface area (Å²) in [5, 5.41) is 18.0. The van der Waals surface area contributed by atoms with Crippen LogP contribution in [0, 0.1) is 0 Å². The van der Waals surface area contributed by atoms with Crippen LogP contribution in [0.1, 0.15) is 66.8 Å². The highest BCUT2D eigenvalue weighted by Crippen LogP contribution is 2.27. The third-order valence-corrected chi connectivity index (χ3v) is 9.37. The second kappa shape index (κ2) is 23.9. The van der Waals surface area contributed by atoms with E-state index in [1.807, 2.05) is 24.3 Å². The molecule has 0 heterocycles. The fourth-order valence-corrected chi connectivity index (χ4v) is 6.08. The molecule has 0 saturated heterocycles. The molecule has 0 saturated carbocycles. The number of benzene rings is 4. The highest BCUT2D eigenvalue weighted by atomic mass is 16.6. The Hall–Kier alpha value is -4.69. The summed E-state index contributed by atoms with van der Waals surface area (Å²) in [4.78, 5) is 11.6. The van der Waals surface area contributed by atoms with Crippen molar-refractivity contribution in [2.75, 3.05) is 46.2 Å². The zero-order valence-corrected chi connectivity index (χ0v) is 32.0. The maximum absolute atomic E-state index is 11.6. The van der Waals surface area contributed by atoms with Crippen LogP contribution in [-0.2, 0) is 46.4 Å². The molecule has 288 valence electrons. The van der Waals surface area contributed by atoms with Gasteiger partial charge in [-0.3, -0.25) is 0 Å². The van der Waals surface area contributed by atoms with Gasteiger partial charge in [0.25, 0.3) is 0 Å². The van der Waals surface area contributed by atoms with E-state index in [9.17, 15) is 4.79 Å². The number of aliphatic hydroxyl groups excluding tert-OH is 2. The average Bonchev–Trinajstić information content (AvgIpc) is 3.21. The number of aliphatic hydroxyl groups is 2. The van der Waals surface area contributed by atoms with E-state index in [1.165, 1.54) is 65.5 Å². The van der Waals surface area contributed by atoms with E-state index in [0.29, 0.717) is 31.1 Å². The van der Waals surface area contributed by atoms with Gasteiger partial charge in [-0.1, -0.05) is 112 Å². The molecule has 0 amide bonds. The normalized spacial score (nSPS) is 10.9. The molecule has 0 aliphatic carbocycles. The zero-order valence-electron chi connectivity index (χ0n) is 32.0. The lowest BCUT2D eigenvalue weighted by Gasteiger charge is -2.14. The molecular weight excluding hydrogens is 677 g/mol. The Bertz CT molecular complexity index is 1710. The minimum absolute atomic E-state index is 0.0283. The molecule has 4 rings (SSSR count). The molecular formula is C47H58O7. The van der Waals surface area contributed by atoms with Gasteiger partial charge in [-0.25, -0.2) is 4.79 Å². The highest BCUT2D eigenvalue weighted by molar-refractivity contribution is 5.87. The van der Waals surface area contributed by atoms with Crippen molar-refractivity contribution in [3.05, 3.63) is 143 Å². The fourth-order valence-electron chi connectivity index (χ4n) is 6.08. The summed E-state index contributed by atoms with van der Waals surface area (Å²) in [5.41, 5.74) is 9.84. The number of carbonyl (C=O) groups excluding carboxylic acids is 1. The smallest absolute Gasteiger partial charge is 0.335 e. The van der Waals surface area contributed by atoms with Gasteiger partial charge in [0.15, 0.2) is 0 Å². The predicted molar refractivity (Wildman–Crippen MR) is 217 cm³/mol. The molecule has 0 spiro atoms. The average molecular weight is 735 g/mol. The quantitative estimate of drug-likeness (QED) is 0.0288. The summed E-state index contributed by atoms with van der Waals surface area (Å²) in [5.74, 6) is 0.916. The number of rotatable bonds is 26. The second-order valence-electron chi connectivity index (χ2n) is 13.7. The Kier molecular flexibility index (Phi) is 18.6. The minimum Gasteiger partial charge on any atom is -0.491 e. The van der Waals surface area contributed by atoms with Crippen LogP contribution in [0.15, 0.2) is 115 Å². The maximum atomic E-state index is 11.6. The number of ether oxygens (including phenoxy) is 4. The number of carbonyl (C=O) groups is 1. The Morgan fingerprint density at radius 2 is 1.13 bits per heavy atom. The van der Waals surface area contributed by atoms with Crippen LogP contribution >= 0.6 is 0 Å². The molecule has 0 atom stereocenters. The lowest BCUT2D eigenvalue weighted by molar-refractivity contribution is -0.140. The first-order valence-electron chi connectivity index (χ1n) is 19.3. The molecule has 0 radical (unpaired) electrons. The summed E-state index contributed by atoms with van der Waals surface area (Å²) in [7, 11) is 0. The second-order valence-corrected chi connectivity index (χ2v) is 13.7. The van der Waals surface area contributed by atoms with Crippen molar-refractivity contribution in [3.8, 4) is 22.6 Å². The van der Waals surface area contributed by atoms with Crippen molar-refractivity contribution in [3.63, 3.8) is 0 Å². The van der Waals surface area contributed by atoms with E-state index < -0.39 is 12.6 Å². The van der Waals surface area contributed by atoms with Gasteiger partial charge < -0.3 is 29.2 Å². The molecule has 0 unspecified atom stereocenters. The van der Waals surface area contributed by atoms with Crippen LogP contribution in [0.2, 0.25) is 0 Å². The minimum atomic E-state index is -0.612. The zero-order chi connectivity index (χ0) is 38.4. The van der Waals surface area contributed by atoms with Gasteiger partial charge in [0.2, 0.25) is 0 Å². The van der Waals surface area contributed by atoms with Crippen LogP contribution in [0.4, 0.5) is 0 Å². The number of hydrogen-bond acceptors (Lipinski definition) is 7. The molecule has 0 aliphatic rings. The molecule has 0 bridgehead atoms. The molecule has 4 aromatic carbocycles. The summed E-state index contributed by atoms with van der Waals surface area (Å²) in [6.07, 6.45) is 11.3. The first-order valence-corrected chi connectivity index (χ1v) is 19.3. The first-order chi connectivity index (χ1) is 26.4. The molecule has 54 heavy (non-hydrogen) atoms. The van der Waals surface area contributed by atoms with Crippen molar-refractivity contribution in [1.82, 2.24) is 0 Å². The van der Waals surface area contributed by atoms with Crippen LogP contribution in [0.25, 0.3) is 11.1 Å². The Labute approximate surface area is 322 Å². The number of aryl methyl sites for hydroxylation is 5. The van der Waals surface area contributed by atoms with Gasteiger partial charge in [0.1, 0.15) is 31.3 Å². The van der Waals surface area contributed by atoms with E-state index in [0.717, 1.165) is 43.4 Å². The predicted octanol–water partition coefficient (Wildman–Crippen LogP) is 8.85. The number of esters is 1. The van der Waals surface area contributed by atoms with Crippen molar-refractivity contribution in [2.24, 2.45) is 0 Å². The molecule has 0 aliphatic heterocycles. The third kappa shape index (κ3) is 15.0. The Morgan fingerprint density at radius 1 is 0.574 bits per heavy atom. The lowest BCUT2D eigenvalue weighted by atomic mass is 9.92. The van der Waals surface area contributed by atoms with Crippen LogP contribution < -0.4 is 9.47 Å². The summed E-state index contributed by atoms with van der Waals surface area (Å²) >= 11 is 0. The van der Waals surface area contributed by atoms with Crippen LogP contribution in [0.5, 0.6) is 11.5 Å². The van der Waals surface area contributed by atoms with E-state index in [4.69, 9.17) is 29.2 Å². The molecule has 7 nitrogen and oxygen atoms in total. The van der Waals surface area contributed by atoms with Gasteiger partial charge in [-0.05, 0) is 107 Å². The SMILES string of the molecule is C=C(CO)COCCOc1ccc(CCc2ccc(CCc3ccc(-c4ccc(OCCOC(=O)C(=C)CO)cc4)cc3CCCCCCC)cc2)cc1. The summed E-state index contributed by atoms with van der Waals surface area (Å²) in [6.45, 7) is 10.5. The lowest BCUT2D eigenvalue weighted by Crippen LogP contribution is -2.14. The largest absolute Gasteiger partial charge is 0.491 e. The molecule has 0 aromatic heterocycles. The highest BCUT2D eigenvalue weighted by Gasteiger charge is 2.10. The van der Waals surface area contributed by atoms with Gasteiger partial charge >= 0.3 is 5.97 Å². The van der Waals surface area contributed by atoms with Crippen molar-refractivity contribution in [2.45, 2.75) is 71.1 Å². The van der Waals surface area contributed by atoms with Gasteiger partial charge in [0.05, 0.1) is 32.0 Å². The van der Waals surface area contributed by atoms with Crippen molar-refractivity contribution >= 4 is 5.97 Å². The Morgan fingerprint density at radius 3 is 1.74 bits per heavy atom. The third-order valence-electron chi connectivity index (χ3n) is 9.37. The van der Waals surface area contributed by atoms with E-state index in [1.54, 1.807) is 0 Å². The van der Waals surface area contributed by atoms with Gasteiger partial charge in [-0.15, -0.1) is 0 Å².